The Morgan fingerprint density at radius 3 is 2.65 bits per heavy atom. The van der Waals surface area contributed by atoms with Crippen molar-refractivity contribution in [2.75, 3.05) is 5.73 Å². The van der Waals surface area contributed by atoms with Crippen molar-refractivity contribution in [1.29, 1.82) is 0 Å². The van der Waals surface area contributed by atoms with Crippen molar-refractivity contribution in [3.05, 3.63) is 46.3 Å². The minimum atomic E-state index is -0.196. The molecule has 0 saturated carbocycles. The highest BCUT2D eigenvalue weighted by atomic mass is 16.5. The molecule has 0 fully saturated rings. The van der Waals surface area contributed by atoms with Gasteiger partial charge < -0.3 is 15.6 Å². The summed E-state index contributed by atoms with van der Waals surface area (Å²) in [4.78, 5) is 12.3. The minimum absolute atomic E-state index is 0.186. The number of nitrogens with two attached hydrogens (primary N) is 1. The molecule has 2 aromatic rings. The van der Waals surface area contributed by atoms with E-state index in [2.05, 4.69) is 10.5 Å². The van der Waals surface area contributed by atoms with Crippen molar-refractivity contribution in [2.45, 2.75) is 33.7 Å². The number of carbonyl (C=O) groups excluding carboxylic acids is 1. The smallest absolute Gasteiger partial charge is 0.253 e. The van der Waals surface area contributed by atoms with Gasteiger partial charge in [-0.05, 0) is 39.8 Å². The van der Waals surface area contributed by atoms with E-state index in [-0.39, 0.29) is 11.9 Å². The maximum atomic E-state index is 12.3. The second kappa shape index (κ2) is 5.36. The van der Waals surface area contributed by atoms with Gasteiger partial charge in [-0.2, -0.15) is 0 Å². The van der Waals surface area contributed by atoms with Crippen LogP contribution in [0.1, 0.15) is 45.9 Å². The molecule has 2 rings (SSSR count). The molecule has 20 heavy (non-hydrogen) atoms. The number of nitrogen functional groups attached to an aromatic ring is 1. The van der Waals surface area contributed by atoms with Crippen LogP contribution in [0.15, 0.2) is 22.7 Å². The largest absolute Gasteiger partial charge is 0.398 e. The Morgan fingerprint density at radius 1 is 1.35 bits per heavy atom. The fourth-order valence-corrected chi connectivity index (χ4v) is 2.32. The summed E-state index contributed by atoms with van der Waals surface area (Å²) < 4.78 is 5.12. The Labute approximate surface area is 118 Å². The van der Waals surface area contributed by atoms with Crippen LogP contribution >= 0.6 is 0 Å². The minimum Gasteiger partial charge on any atom is -0.398 e. The SMILES string of the molecule is Cc1ccc(N)c(C(=O)NC(C)c2c(C)noc2C)c1. The molecule has 0 aliphatic carbocycles. The van der Waals surface area contributed by atoms with Gasteiger partial charge >= 0.3 is 0 Å². The summed E-state index contributed by atoms with van der Waals surface area (Å²) in [7, 11) is 0. The van der Waals surface area contributed by atoms with Crippen LogP contribution in [0.4, 0.5) is 5.69 Å². The highest BCUT2D eigenvalue weighted by molar-refractivity contribution is 5.99. The van der Waals surface area contributed by atoms with Gasteiger partial charge in [0, 0.05) is 11.3 Å². The van der Waals surface area contributed by atoms with Gasteiger partial charge in [0.1, 0.15) is 5.76 Å². The Balaban J connectivity index is 2.22. The molecule has 1 atom stereocenters. The van der Waals surface area contributed by atoms with Crippen molar-refractivity contribution in [3.8, 4) is 0 Å². The van der Waals surface area contributed by atoms with Crippen molar-refractivity contribution in [3.63, 3.8) is 0 Å². The monoisotopic (exact) mass is 273 g/mol. The van der Waals surface area contributed by atoms with Crippen molar-refractivity contribution in [1.82, 2.24) is 10.5 Å². The first-order chi connectivity index (χ1) is 9.40. The number of hydrogen-bond acceptors (Lipinski definition) is 4. The van der Waals surface area contributed by atoms with Gasteiger partial charge in [-0.25, -0.2) is 0 Å². The summed E-state index contributed by atoms with van der Waals surface area (Å²) in [5.41, 5.74) is 9.50. The zero-order chi connectivity index (χ0) is 14.9. The zero-order valence-electron chi connectivity index (χ0n) is 12.2. The maximum Gasteiger partial charge on any atom is 0.253 e. The quantitative estimate of drug-likeness (QED) is 0.842. The van der Waals surface area contributed by atoms with Gasteiger partial charge in [0.05, 0.1) is 17.3 Å². The maximum absolute atomic E-state index is 12.3. The molecular weight excluding hydrogens is 254 g/mol. The van der Waals surface area contributed by atoms with E-state index in [0.717, 1.165) is 16.8 Å². The third kappa shape index (κ3) is 2.66. The third-order valence-electron chi connectivity index (χ3n) is 3.32. The molecule has 1 aromatic heterocycles. The number of nitrogens with zero attached hydrogens (tertiary/aromatic N) is 1. The van der Waals surface area contributed by atoms with Crippen LogP contribution in [-0.4, -0.2) is 11.1 Å². The lowest BCUT2D eigenvalue weighted by Gasteiger charge is -2.15. The number of hydrogen-bond donors (Lipinski definition) is 2. The number of nitrogens with one attached hydrogen (secondary N) is 1. The predicted octanol–water partition coefficient (Wildman–Crippen LogP) is 2.67. The number of amides is 1. The summed E-state index contributed by atoms with van der Waals surface area (Å²) in [6, 6.07) is 5.22. The van der Waals surface area contributed by atoms with E-state index in [4.69, 9.17) is 10.3 Å². The van der Waals surface area contributed by atoms with Gasteiger partial charge in [-0.15, -0.1) is 0 Å². The summed E-state index contributed by atoms with van der Waals surface area (Å²) in [6.07, 6.45) is 0. The highest BCUT2D eigenvalue weighted by Gasteiger charge is 2.19. The number of aryl methyl sites for hydroxylation is 3. The topological polar surface area (TPSA) is 81.2 Å². The lowest BCUT2D eigenvalue weighted by atomic mass is 10.0. The summed E-state index contributed by atoms with van der Waals surface area (Å²) >= 11 is 0. The molecule has 0 saturated heterocycles. The van der Waals surface area contributed by atoms with E-state index >= 15 is 0 Å². The van der Waals surface area contributed by atoms with Crippen molar-refractivity contribution < 1.29 is 9.32 Å². The van der Waals surface area contributed by atoms with E-state index < -0.39 is 0 Å². The molecule has 0 radical (unpaired) electrons. The van der Waals surface area contributed by atoms with Crippen LogP contribution in [-0.2, 0) is 0 Å². The third-order valence-corrected chi connectivity index (χ3v) is 3.32. The molecule has 0 aliphatic heterocycles. The molecule has 3 N–H and O–H groups in total. The van der Waals surface area contributed by atoms with Gasteiger partial charge in [0.15, 0.2) is 0 Å². The fraction of sp³-hybridized carbons (Fsp3) is 0.333. The lowest BCUT2D eigenvalue weighted by molar-refractivity contribution is 0.0940. The average molecular weight is 273 g/mol. The Morgan fingerprint density at radius 2 is 2.05 bits per heavy atom. The Hall–Kier alpha value is -2.30. The average Bonchev–Trinajstić information content (AvgIpc) is 2.71. The van der Waals surface area contributed by atoms with Crippen LogP contribution in [0.3, 0.4) is 0 Å². The van der Waals surface area contributed by atoms with Crippen LogP contribution in [0, 0.1) is 20.8 Å². The van der Waals surface area contributed by atoms with E-state index in [1.54, 1.807) is 12.1 Å². The molecule has 5 nitrogen and oxygen atoms in total. The number of anilines is 1. The summed E-state index contributed by atoms with van der Waals surface area (Å²) in [6.45, 7) is 7.51. The number of carbonyl (C=O) groups is 1. The van der Waals surface area contributed by atoms with Gasteiger partial charge in [-0.3, -0.25) is 4.79 Å². The highest BCUT2D eigenvalue weighted by Crippen LogP contribution is 2.22. The van der Waals surface area contributed by atoms with Gasteiger partial charge in [0.25, 0.3) is 5.91 Å². The van der Waals surface area contributed by atoms with E-state index in [1.807, 2.05) is 33.8 Å². The first-order valence-electron chi connectivity index (χ1n) is 6.50. The molecule has 1 heterocycles. The first-order valence-corrected chi connectivity index (χ1v) is 6.50. The molecule has 1 unspecified atom stereocenters. The van der Waals surface area contributed by atoms with Crippen LogP contribution in [0.2, 0.25) is 0 Å². The molecule has 5 heteroatoms. The van der Waals surface area contributed by atoms with E-state index in [0.29, 0.717) is 17.0 Å². The van der Waals surface area contributed by atoms with Crippen LogP contribution in [0.25, 0.3) is 0 Å². The van der Waals surface area contributed by atoms with Crippen molar-refractivity contribution in [2.24, 2.45) is 0 Å². The fourth-order valence-electron chi connectivity index (χ4n) is 2.32. The number of aromatic nitrogens is 1. The standard InChI is InChI=1S/C15H19N3O2/c1-8-5-6-13(16)12(7-8)15(19)17-9(2)14-10(3)18-20-11(14)4/h5-7,9H,16H2,1-4H3,(H,17,19). The lowest BCUT2D eigenvalue weighted by Crippen LogP contribution is -2.28. The number of rotatable bonds is 3. The summed E-state index contributed by atoms with van der Waals surface area (Å²) in [5.74, 6) is 0.520. The second-order valence-corrected chi connectivity index (χ2v) is 5.02. The Bertz CT molecular complexity index is 627. The molecule has 0 bridgehead atoms. The summed E-state index contributed by atoms with van der Waals surface area (Å²) in [5, 5.41) is 6.83. The first kappa shape index (κ1) is 14.1. The molecule has 0 aliphatic rings. The van der Waals surface area contributed by atoms with Crippen LogP contribution in [0.5, 0.6) is 0 Å². The van der Waals surface area contributed by atoms with E-state index in [1.165, 1.54) is 0 Å². The normalized spacial score (nSPS) is 12.2. The van der Waals surface area contributed by atoms with Crippen LogP contribution < -0.4 is 11.1 Å². The molecule has 1 amide bonds. The molecule has 1 aromatic carbocycles. The van der Waals surface area contributed by atoms with E-state index in [9.17, 15) is 4.79 Å². The molecule has 0 spiro atoms. The predicted molar refractivity (Wildman–Crippen MR) is 77.4 cm³/mol. The number of benzene rings is 1. The van der Waals surface area contributed by atoms with Gasteiger partial charge in [-0.1, -0.05) is 16.8 Å². The zero-order valence-corrected chi connectivity index (χ0v) is 12.2. The second-order valence-electron chi connectivity index (χ2n) is 5.02. The van der Waals surface area contributed by atoms with Crippen molar-refractivity contribution >= 4 is 11.6 Å². The molecule has 106 valence electrons. The molecular formula is C15H19N3O2. The Kier molecular flexibility index (Phi) is 3.79. The van der Waals surface area contributed by atoms with Gasteiger partial charge in [0.2, 0.25) is 0 Å².